The van der Waals surface area contributed by atoms with Crippen molar-refractivity contribution >= 4 is 10.0 Å². The van der Waals surface area contributed by atoms with Crippen molar-refractivity contribution in [2.75, 3.05) is 13.1 Å². The zero-order valence-corrected chi connectivity index (χ0v) is 12.3. The molecule has 0 radical (unpaired) electrons. The van der Waals surface area contributed by atoms with Gasteiger partial charge in [-0.3, -0.25) is 0 Å². The van der Waals surface area contributed by atoms with Crippen molar-refractivity contribution < 1.29 is 17.7 Å². The van der Waals surface area contributed by atoms with Gasteiger partial charge in [0, 0.05) is 13.1 Å². The lowest BCUT2D eigenvalue weighted by Gasteiger charge is -2.30. The molecule has 3 rings (SSSR count). The minimum absolute atomic E-state index is 0.0628. The van der Waals surface area contributed by atoms with E-state index in [4.69, 9.17) is 9.26 Å². The van der Waals surface area contributed by atoms with Crippen LogP contribution in [0.4, 0.5) is 0 Å². The Morgan fingerprint density at radius 3 is 2.55 bits per heavy atom. The predicted molar refractivity (Wildman–Crippen MR) is 70.4 cm³/mol. The Kier molecular flexibility index (Phi) is 3.78. The fourth-order valence-corrected chi connectivity index (χ4v) is 4.29. The van der Waals surface area contributed by atoms with Gasteiger partial charge in [0.25, 0.3) is 5.89 Å². The Morgan fingerprint density at radius 2 is 2.00 bits per heavy atom. The molecule has 8 heteroatoms. The van der Waals surface area contributed by atoms with Crippen LogP contribution in [0.25, 0.3) is 0 Å². The summed E-state index contributed by atoms with van der Waals surface area (Å²) in [5, 5.41) is 3.57. The Labute approximate surface area is 118 Å². The molecule has 112 valence electrons. The van der Waals surface area contributed by atoms with Gasteiger partial charge in [-0.25, -0.2) is 12.7 Å². The third-order valence-corrected chi connectivity index (χ3v) is 6.12. The summed E-state index contributed by atoms with van der Waals surface area (Å²) < 4.78 is 36.5. The summed E-state index contributed by atoms with van der Waals surface area (Å²) in [6, 6.07) is 0. The van der Waals surface area contributed by atoms with Crippen molar-refractivity contribution in [3.8, 4) is 0 Å². The minimum Gasteiger partial charge on any atom is -0.368 e. The van der Waals surface area contributed by atoms with Crippen molar-refractivity contribution in [1.82, 2.24) is 14.4 Å². The van der Waals surface area contributed by atoms with Crippen LogP contribution in [-0.2, 0) is 21.4 Å². The Bertz CT molecular complexity index is 559. The lowest BCUT2D eigenvalue weighted by Crippen LogP contribution is -2.42. The maximum absolute atomic E-state index is 12.1. The van der Waals surface area contributed by atoms with Crippen LogP contribution in [0.5, 0.6) is 0 Å². The van der Waals surface area contributed by atoms with Crippen LogP contribution in [0, 0.1) is 6.92 Å². The summed E-state index contributed by atoms with van der Waals surface area (Å²) >= 11 is 0. The second-order valence-corrected chi connectivity index (χ2v) is 7.60. The average molecular weight is 301 g/mol. The first-order valence-electron chi connectivity index (χ1n) is 6.95. The van der Waals surface area contributed by atoms with Crippen molar-refractivity contribution in [1.29, 1.82) is 0 Å². The van der Waals surface area contributed by atoms with Crippen molar-refractivity contribution in [3.05, 3.63) is 11.7 Å². The topological polar surface area (TPSA) is 85.5 Å². The fraction of sp³-hybridized carbons (Fsp3) is 0.833. The van der Waals surface area contributed by atoms with E-state index in [2.05, 4.69) is 10.1 Å². The summed E-state index contributed by atoms with van der Waals surface area (Å²) in [4.78, 5) is 4.07. The molecule has 0 unspecified atom stereocenters. The first-order valence-corrected chi connectivity index (χ1v) is 8.46. The van der Waals surface area contributed by atoms with Gasteiger partial charge < -0.3 is 9.26 Å². The molecular formula is C12H19N3O4S. The summed E-state index contributed by atoms with van der Waals surface area (Å²) in [6.45, 7) is 3.15. The van der Waals surface area contributed by atoms with E-state index >= 15 is 0 Å². The third-order valence-electron chi connectivity index (χ3n) is 3.72. The molecule has 2 aliphatic rings. The second kappa shape index (κ2) is 5.42. The summed E-state index contributed by atoms with van der Waals surface area (Å²) in [5.41, 5.74) is 0. The molecular weight excluding hydrogens is 282 g/mol. The van der Waals surface area contributed by atoms with E-state index in [0.29, 0.717) is 31.4 Å². The van der Waals surface area contributed by atoms with E-state index in [9.17, 15) is 8.42 Å². The molecule has 2 heterocycles. The first-order chi connectivity index (χ1) is 9.55. The Balaban J connectivity index is 1.46. The van der Waals surface area contributed by atoms with Gasteiger partial charge in [0.1, 0.15) is 6.61 Å². The van der Waals surface area contributed by atoms with E-state index in [1.54, 1.807) is 11.2 Å². The maximum atomic E-state index is 12.1. The highest BCUT2D eigenvalue weighted by atomic mass is 32.2. The highest BCUT2D eigenvalue weighted by Crippen LogP contribution is 2.32. The number of piperidine rings is 1. The smallest absolute Gasteiger partial charge is 0.252 e. The molecule has 2 fully saturated rings. The zero-order chi connectivity index (χ0) is 14.2. The highest BCUT2D eigenvalue weighted by molar-refractivity contribution is 7.90. The van der Waals surface area contributed by atoms with Gasteiger partial charge in [-0.1, -0.05) is 5.16 Å². The van der Waals surface area contributed by atoms with Crippen LogP contribution in [0.15, 0.2) is 4.52 Å². The minimum atomic E-state index is -3.04. The Morgan fingerprint density at radius 1 is 1.30 bits per heavy atom. The van der Waals surface area contributed by atoms with E-state index in [1.165, 1.54) is 0 Å². The molecule has 7 nitrogen and oxygen atoms in total. The largest absolute Gasteiger partial charge is 0.368 e. The van der Waals surface area contributed by atoms with Gasteiger partial charge >= 0.3 is 0 Å². The molecule has 0 spiro atoms. The number of hydrogen-bond acceptors (Lipinski definition) is 6. The second-order valence-electron chi connectivity index (χ2n) is 5.39. The van der Waals surface area contributed by atoms with Crippen molar-refractivity contribution in [2.24, 2.45) is 0 Å². The van der Waals surface area contributed by atoms with E-state index < -0.39 is 10.0 Å². The molecule has 0 bridgehead atoms. The molecule has 0 aromatic carbocycles. The van der Waals surface area contributed by atoms with E-state index in [-0.39, 0.29) is 11.4 Å². The number of rotatable bonds is 5. The molecule has 0 atom stereocenters. The van der Waals surface area contributed by atoms with Gasteiger partial charge in [-0.15, -0.1) is 0 Å². The van der Waals surface area contributed by atoms with Crippen molar-refractivity contribution in [2.45, 2.75) is 50.6 Å². The van der Waals surface area contributed by atoms with Crippen molar-refractivity contribution in [3.63, 3.8) is 0 Å². The summed E-state index contributed by atoms with van der Waals surface area (Å²) in [6.07, 6.45) is 3.13. The van der Waals surface area contributed by atoms with Gasteiger partial charge in [0.05, 0.1) is 11.4 Å². The molecule has 1 saturated heterocycles. The highest BCUT2D eigenvalue weighted by Gasteiger charge is 2.41. The van der Waals surface area contributed by atoms with Gasteiger partial charge in [-0.05, 0) is 32.6 Å². The van der Waals surface area contributed by atoms with Gasteiger partial charge in [0.15, 0.2) is 5.82 Å². The lowest BCUT2D eigenvalue weighted by molar-refractivity contribution is -0.00121. The van der Waals surface area contributed by atoms with Gasteiger partial charge in [0.2, 0.25) is 10.0 Å². The molecule has 1 aromatic rings. The lowest BCUT2D eigenvalue weighted by atomic mass is 10.1. The number of aromatic nitrogens is 2. The standard InChI is InChI=1S/C12H19N3O4S/c1-9-13-12(19-14-9)8-18-10-4-6-15(7-5-10)20(16,17)11-2-3-11/h10-11H,2-8H2,1H3. The number of ether oxygens (including phenoxy) is 1. The molecule has 1 aliphatic carbocycles. The zero-order valence-electron chi connectivity index (χ0n) is 11.5. The average Bonchev–Trinajstić information content (AvgIpc) is 3.21. The Hall–Kier alpha value is -0.990. The predicted octanol–water partition coefficient (Wildman–Crippen LogP) is 0.851. The third kappa shape index (κ3) is 3.02. The first kappa shape index (κ1) is 14.0. The fourth-order valence-electron chi connectivity index (χ4n) is 2.42. The summed E-state index contributed by atoms with van der Waals surface area (Å²) in [7, 11) is -3.04. The SMILES string of the molecule is Cc1noc(COC2CCN(S(=O)(=O)C3CC3)CC2)n1. The van der Waals surface area contributed by atoms with Gasteiger partial charge in [-0.2, -0.15) is 4.98 Å². The van der Waals surface area contributed by atoms with Crippen LogP contribution in [0.1, 0.15) is 37.4 Å². The van der Waals surface area contributed by atoms with E-state index in [0.717, 1.165) is 25.7 Å². The number of hydrogen-bond donors (Lipinski definition) is 0. The van der Waals surface area contributed by atoms with Crippen LogP contribution in [-0.4, -0.2) is 47.3 Å². The molecule has 1 aromatic heterocycles. The van der Waals surface area contributed by atoms with Crippen LogP contribution < -0.4 is 0 Å². The maximum Gasteiger partial charge on any atom is 0.252 e. The normalized spacial score (nSPS) is 22.2. The monoisotopic (exact) mass is 301 g/mol. The van der Waals surface area contributed by atoms with Crippen LogP contribution in [0.3, 0.4) is 0 Å². The summed E-state index contributed by atoms with van der Waals surface area (Å²) in [5.74, 6) is 1.06. The van der Waals surface area contributed by atoms with E-state index in [1.807, 2.05) is 0 Å². The molecule has 0 N–H and O–H groups in total. The molecule has 1 saturated carbocycles. The number of sulfonamides is 1. The van der Waals surface area contributed by atoms with Crippen LogP contribution >= 0.6 is 0 Å². The molecule has 1 aliphatic heterocycles. The quantitative estimate of drug-likeness (QED) is 0.801. The number of nitrogens with zero attached hydrogens (tertiary/aromatic N) is 3. The molecule has 20 heavy (non-hydrogen) atoms. The number of aryl methyl sites for hydroxylation is 1. The molecule has 0 amide bonds. The van der Waals surface area contributed by atoms with Crippen LogP contribution in [0.2, 0.25) is 0 Å².